The summed E-state index contributed by atoms with van der Waals surface area (Å²) in [6, 6.07) is 3.24. The number of anilines is 1. The monoisotopic (exact) mass is 298 g/mol. The van der Waals surface area contributed by atoms with Gasteiger partial charge in [-0.2, -0.15) is 4.31 Å². The Bertz CT molecular complexity index is 593. The molecule has 5 nitrogen and oxygen atoms in total. The van der Waals surface area contributed by atoms with Crippen molar-refractivity contribution in [3.63, 3.8) is 0 Å². The highest BCUT2D eigenvalue weighted by Crippen LogP contribution is 2.33. The Hall–Kier alpha value is -1.27. The summed E-state index contributed by atoms with van der Waals surface area (Å²) in [4.78, 5) is 0.150. The van der Waals surface area contributed by atoms with Crippen molar-refractivity contribution in [3.8, 4) is 5.75 Å². The molecule has 0 radical (unpaired) electrons. The van der Waals surface area contributed by atoms with Crippen LogP contribution in [0.3, 0.4) is 0 Å². The number of ether oxygens (including phenoxy) is 1. The minimum Gasteiger partial charge on any atom is -0.495 e. The zero-order chi connectivity index (χ0) is 14.9. The highest BCUT2D eigenvalue weighted by Gasteiger charge is 2.32. The van der Waals surface area contributed by atoms with Crippen LogP contribution in [0.15, 0.2) is 17.0 Å². The van der Waals surface area contributed by atoms with Gasteiger partial charge >= 0.3 is 0 Å². The molecular formula is C14H22N2O3S. The first kappa shape index (κ1) is 15.1. The fourth-order valence-electron chi connectivity index (χ4n) is 2.66. The van der Waals surface area contributed by atoms with E-state index in [1.807, 2.05) is 6.92 Å². The van der Waals surface area contributed by atoms with Crippen molar-refractivity contribution >= 4 is 15.7 Å². The van der Waals surface area contributed by atoms with Crippen LogP contribution in [0.25, 0.3) is 0 Å². The molecule has 1 aliphatic carbocycles. The van der Waals surface area contributed by atoms with Gasteiger partial charge in [-0.3, -0.25) is 0 Å². The Morgan fingerprint density at radius 1 is 1.30 bits per heavy atom. The molecule has 0 heterocycles. The number of nitrogen functional groups attached to an aromatic ring is 1. The predicted molar refractivity (Wildman–Crippen MR) is 79.3 cm³/mol. The Balaban J connectivity index is 2.45. The van der Waals surface area contributed by atoms with Gasteiger partial charge in [0.05, 0.1) is 7.11 Å². The van der Waals surface area contributed by atoms with Crippen molar-refractivity contribution in [3.05, 3.63) is 17.7 Å². The van der Waals surface area contributed by atoms with E-state index in [1.165, 1.54) is 17.5 Å². The highest BCUT2D eigenvalue weighted by molar-refractivity contribution is 7.89. The van der Waals surface area contributed by atoms with Gasteiger partial charge in [0.25, 0.3) is 0 Å². The number of hydrogen-bond acceptors (Lipinski definition) is 4. The van der Waals surface area contributed by atoms with Crippen LogP contribution >= 0.6 is 0 Å². The Morgan fingerprint density at radius 2 is 1.90 bits per heavy atom. The first-order valence-corrected chi connectivity index (χ1v) is 8.24. The average molecular weight is 298 g/mol. The van der Waals surface area contributed by atoms with E-state index in [0.29, 0.717) is 11.4 Å². The van der Waals surface area contributed by atoms with E-state index in [1.54, 1.807) is 13.1 Å². The number of aryl methyl sites for hydroxylation is 1. The topological polar surface area (TPSA) is 72.6 Å². The highest BCUT2D eigenvalue weighted by atomic mass is 32.2. The maximum atomic E-state index is 12.8. The van der Waals surface area contributed by atoms with Crippen molar-refractivity contribution in [1.82, 2.24) is 4.31 Å². The van der Waals surface area contributed by atoms with E-state index in [2.05, 4.69) is 0 Å². The lowest BCUT2D eigenvalue weighted by Crippen LogP contribution is -2.35. The molecule has 1 fully saturated rings. The summed E-state index contributed by atoms with van der Waals surface area (Å²) >= 11 is 0. The average Bonchev–Trinajstić information content (AvgIpc) is 2.94. The lowest BCUT2D eigenvalue weighted by molar-refractivity contribution is 0.365. The van der Waals surface area contributed by atoms with Gasteiger partial charge in [0.2, 0.25) is 10.0 Å². The van der Waals surface area contributed by atoms with Crippen molar-refractivity contribution in [1.29, 1.82) is 0 Å². The van der Waals surface area contributed by atoms with Crippen molar-refractivity contribution in [2.24, 2.45) is 0 Å². The normalized spacial score (nSPS) is 16.8. The van der Waals surface area contributed by atoms with Crippen LogP contribution in [-0.2, 0) is 10.0 Å². The van der Waals surface area contributed by atoms with Crippen LogP contribution in [0, 0.1) is 6.92 Å². The molecular weight excluding hydrogens is 276 g/mol. The number of methoxy groups -OCH3 is 1. The van der Waals surface area contributed by atoms with Crippen LogP contribution in [0.2, 0.25) is 0 Å². The van der Waals surface area contributed by atoms with Crippen LogP contribution in [0.1, 0.15) is 31.2 Å². The molecule has 0 bridgehead atoms. The van der Waals surface area contributed by atoms with Gasteiger partial charge in [-0.05, 0) is 37.5 Å². The zero-order valence-electron chi connectivity index (χ0n) is 12.2. The molecule has 0 spiro atoms. The molecule has 1 aliphatic rings. The van der Waals surface area contributed by atoms with Crippen molar-refractivity contribution in [2.45, 2.75) is 43.5 Å². The SMILES string of the molecule is COc1cc(C)c(N)cc1S(=O)(=O)N(C)C1CCCC1. The molecule has 0 atom stereocenters. The minimum absolute atomic E-state index is 0.0761. The molecule has 1 aromatic rings. The zero-order valence-corrected chi connectivity index (χ0v) is 13.0. The molecule has 0 amide bonds. The largest absolute Gasteiger partial charge is 0.495 e. The molecule has 0 unspecified atom stereocenters. The van der Waals surface area contributed by atoms with Crippen LogP contribution in [0.5, 0.6) is 5.75 Å². The molecule has 112 valence electrons. The summed E-state index contributed by atoms with van der Waals surface area (Å²) in [7, 11) is -0.465. The van der Waals surface area contributed by atoms with Crippen LogP contribution < -0.4 is 10.5 Å². The second-order valence-electron chi connectivity index (χ2n) is 5.32. The number of nitrogens with zero attached hydrogens (tertiary/aromatic N) is 1. The Morgan fingerprint density at radius 3 is 2.45 bits per heavy atom. The molecule has 20 heavy (non-hydrogen) atoms. The predicted octanol–water partition coefficient (Wildman–Crippen LogP) is 2.15. The van der Waals surface area contributed by atoms with Gasteiger partial charge < -0.3 is 10.5 Å². The number of hydrogen-bond donors (Lipinski definition) is 1. The van der Waals surface area contributed by atoms with Gasteiger partial charge in [-0.1, -0.05) is 12.8 Å². The summed E-state index contributed by atoms with van der Waals surface area (Å²) in [6.07, 6.45) is 3.99. The first-order valence-electron chi connectivity index (χ1n) is 6.80. The van der Waals surface area contributed by atoms with E-state index in [-0.39, 0.29) is 10.9 Å². The number of rotatable bonds is 4. The Kier molecular flexibility index (Phi) is 4.25. The van der Waals surface area contributed by atoms with Crippen molar-refractivity contribution < 1.29 is 13.2 Å². The Labute approximate surface area is 120 Å². The standard InChI is InChI=1S/C14H22N2O3S/c1-10-8-13(19-3)14(9-12(10)15)20(17,18)16(2)11-6-4-5-7-11/h8-9,11H,4-7,15H2,1-3H3. The minimum atomic E-state index is -3.58. The summed E-state index contributed by atoms with van der Waals surface area (Å²) in [5.41, 5.74) is 7.13. The molecule has 6 heteroatoms. The number of nitrogens with two attached hydrogens (primary N) is 1. The van der Waals surface area contributed by atoms with Crippen LogP contribution in [0.4, 0.5) is 5.69 Å². The summed E-state index contributed by atoms with van der Waals surface area (Å²) in [5, 5.41) is 0. The first-order chi connectivity index (χ1) is 9.37. The fraction of sp³-hybridized carbons (Fsp3) is 0.571. The molecule has 0 saturated heterocycles. The third-order valence-corrected chi connectivity index (χ3v) is 5.98. The fourth-order valence-corrected chi connectivity index (χ4v) is 4.24. The van der Waals surface area contributed by atoms with E-state index >= 15 is 0 Å². The number of sulfonamides is 1. The van der Waals surface area contributed by atoms with E-state index in [9.17, 15) is 8.42 Å². The maximum Gasteiger partial charge on any atom is 0.246 e. The third-order valence-electron chi connectivity index (χ3n) is 4.05. The molecule has 0 aliphatic heterocycles. The van der Waals surface area contributed by atoms with Gasteiger partial charge in [0.15, 0.2) is 0 Å². The van der Waals surface area contributed by atoms with Gasteiger partial charge in [-0.15, -0.1) is 0 Å². The second-order valence-corrected chi connectivity index (χ2v) is 7.29. The van der Waals surface area contributed by atoms with Crippen molar-refractivity contribution in [2.75, 3.05) is 19.9 Å². The third kappa shape index (κ3) is 2.62. The van der Waals surface area contributed by atoms with E-state index < -0.39 is 10.0 Å². The molecule has 0 aromatic heterocycles. The number of benzene rings is 1. The van der Waals surface area contributed by atoms with Crippen LogP contribution in [-0.4, -0.2) is 32.9 Å². The van der Waals surface area contributed by atoms with Gasteiger partial charge in [-0.25, -0.2) is 8.42 Å². The molecule has 1 saturated carbocycles. The molecule has 2 rings (SSSR count). The van der Waals surface area contributed by atoms with Gasteiger partial charge in [0.1, 0.15) is 10.6 Å². The quantitative estimate of drug-likeness (QED) is 0.864. The lowest BCUT2D eigenvalue weighted by atomic mass is 10.2. The molecule has 2 N–H and O–H groups in total. The van der Waals surface area contributed by atoms with Gasteiger partial charge in [0, 0.05) is 18.8 Å². The van der Waals surface area contributed by atoms with E-state index in [0.717, 1.165) is 31.2 Å². The second kappa shape index (κ2) is 5.61. The summed E-state index contributed by atoms with van der Waals surface area (Å²) in [5.74, 6) is 0.349. The maximum absolute atomic E-state index is 12.8. The van der Waals surface area contributed by atoms with E-state index in [4.69, 9.17) is 10.5 Å². The molecule has 1 aromatic carbocycles. The summed E-state index contributed by atoms with van der Waals surface area (Å²) < 4.78 is 32.2. The smallest absolute Gasteiger partial charge is 0.246 e. The summed E-state index contributed by atoms with van der Waals surface area (Å²) in [6.45, 7) is 1.83. The lowest BCUT2D eigenvalue weighted by Gasteiger charge is -2.25.